The Balaban J connectivity index is 1.87. The maximum atomic E-state index is 10.7. The molecule has 0 fully saturated rings. The van der Waals surface area contributed by atoms with E-state index in [0.717, 1.165) is 17.0 Å². The van der Waals surface area contributed by atoms with Gasteiger partial charge in [-0.1, -0.05) is 42.5 Å². The summed E-state index contributed by atoms with van der Waals surface area (Å²) in [6.07, 6.45) is 0.0432. The molecule has 0 aliphatic carbocycles. The Morgan fingerprint density at radius 3 is 2.38 bits per heavy atom. The Kier molecular flexibility index (Phi) is 5.29. The van der Waals surface area contributed by atoms with E-state index in [1.165, 1.54) is 0 Å². The summed E-state index contributed by atoms with van der Waals surface area (Å²) < 4.78 is 5.68. The average molecular weight is 300 g/mol. The van der Waals surface area contributed by atoms with E-state index in [0.29, 0.717) is 11.6 Å². The fraction of sp³-hybridized carbons (Fsp3) is 0.125. The number of primary amides is 1. The lowest BCUT2D eigenvalue weighted by Gasteiger charge is -2.09. The van der Waals surface area contributed by atoms with Gasteiger partial charge in [0.15, 0.2) is 0 Å². The predicted octanol–water partition coefficient (Wildman–Crippen LogP) is 2.88. The van der Waals surface area contributed by atoms with Crippen LogP contribution in [0.3, 0.4) is 0 Å². The SMILES string of the molecule is NC(=O)CC(=S)Nc1ccc(OCc2ccccc2)cc1. The van der Waals surface area contributed by atoms with Crippen LogP contribution in [0.1, 0.15) is 12.0 Å². The van der Waals surface area contributed by atoms with Gasteiger partial charge in [-0.05, 0) is 29.8 Å². The van der Waals surface area contributed by atoms with Crippen molar-refractivity contribution in [3.05, 3.63) is 60.2 Å². The fourth-order valence-corrected chi connectivity index (χ4v) is 2.00. The molecule has 2 aromatic carbocycles. The number of nitrogens with two attached hydrogens (primary N) is 1. The van der Waals surface area contributed by atoms with Gasteiger partial charge in [-0.25, -0.2) is 0 Å². The Morgan fingerprint density at radius 2 is 1.76 bits per heavy atom. The van der Waals surface area contributed by atoms with E-state index in [-0.39, 0.29) is 6.42 Å². The molecule has 2 rings (SSSR count). The van der Waals surface area contributed by atoms with Crippen molar-refractivity contribution in [3.63, 3.8) is 0 Å². The Morgan fingerprint density at radius 1 is 1.10 bits per heavy atom. The van der Waals surface area contributed by atoms with E-state index in [2.05, 4.69) is 5.32 Å². The highest BCUT2D eigenvalue weighted by atomic mass is 32.1. The third-order valence-electron chi connectivity index (χ3n) is 2.72. The Bertz CT molecular complexity index is 612. The van der Waals surface area contributed by atoms with E-state index in [1.807, 2.05) is 54.6 Å². The summed E-state index contributed by atoms with van der Waals surface area (Å²) in [6, 6.07) is 17.3. The third-order valence-corrected chi connectivity index (χ3v) is 2.97. The maximum Gasteiger partial charge on any atom is 0.224 e. The molecule has 0 aliphatic rings. The van der Waals surface area contributed by atoms with Gasteiger partial charge < -0.3 is 15.8 Å². The molecule has 5 heteroatoms. The molecule has 0 heterocycles. The van der Waals surface area contributed by atoms with Crippen molar-refractivity contribution in [3.8, 4) is 5.75 Å². The molecule has 2 aromatic rings. The Hall–Kier alpha value is -2.40. The number of thiocarbonyl (C=S) groups is 1. The molecule has 0 radical (unpaired) electrons. The monoisotopic (exact) mass is 300 g/mol. The van der Waals surface area contributed by atoms with Crippen LogP contribution in [-0.4, -0.2) is 10.9 Å². The number of amides is 1. The lowest BCUT2D eigenvalue weighted by molar-refractivity contribution is -0.116. The molecule has 0 unspecified atom stereocenters. The molecule has 0 atom stereocenters. The van der Waals surface area contributed by atoms with Gasteiger partial charge in [0.05, 0.1) is 11.4 Å². The number of nitrogens with one attached hydrogen (secondary N) is 1. The highest BCUT2D eigenvalue weighted by Gasteiger charge is 2.02. The molecule has 1 amide bonds. The zero-order valence-electron chi connectivity index (χ0n) is 11.4. The molecule has 0 spiro atoms. The van der Waals surface area contributed by atoms with Crippen molar-refractivity contribution in [1.29, 1.82) is 0 Å². The standard InChI is InChI=1S/C16H16N2O2S/c17-15(19)10-16(21)18-13-6-8-14(9-7-13)20-11-12-4-2-1-3-5-12/h1-9H,10-11H2,(H2,17,19)(H,18,21). The van der Waals surface area contributed by atoms with Crippen molar-refractivity contribution in [2.24, 2.45) is 5.73 Å². The van der Waals surface area contributed by atoms with Gasteiger partial charge >= 0.3 is 0 Å². The second-order valence-electron chi connectivity index (χ2n) is 4.49. The summed E-state index contributed by atoms with van der Waals surface area (Å²) in [7, 11) is 0. The first-order chi connectivity index (χ1) is 10.1. The van der Waals surface area contributed by atoms with Crippen LogP contribution in [0.25, 0.3) is 0 Å². The van der Waals surface area contributed by atoms with E-state index in [9.17, 15) is 4.79 Å². The first-order valence-corrected chi connectivity index (χ1v) is 6.89. The zero-order valence-corrected chi connectivity index (χ0v) is 12.2. The molecule has 0 aliphatic heterocycles. The van der Waals surface area contributed by atoms with Gasteiger partial charge in [0.25, 0.3) is 0 Å². The summed E-state index contributed by atoms with van der Waals surface area (Å²) in [4.78, 5) is 11.2. The van der Waals surface area contributed by atoms with Crippen LogP contribution < -0.4 is 15.8 Å². The van der Waals surface area contributed by atoms with Crippen molar-refractivity contribution < 1.29 is 9.53 Å². The number of rotatable bonds is 6. The lowest BCUT2D eigenvalue weighted by Crippen LogP contribution is -2.20. The number of anilines is 1. The average Bonchev–Trinajstić information content (AvgIpc) is 2.47. The normalized spacial score (nSPS) is 9.90. The summed E-state index contributed by atoms with van der Waals surface area (Å²) >= 11 is 5.02. The van der Waals surface area contributed by atoms with E-state index >= 15 is 0 Å². The Labute approximate surface area is 128 Å². The minimum Gasteiger partial charge on any atom is -0.489 e. The molecule has 0 saturated heterocycles. The number of hydrogen-bond donors (Lipinski definition) is 2. The van der Waals surface area contributed by atoms with Gasteiger partial charge in [-0.3, -0.25) is 4.79 Å². The lowest BCUT2D eigenvalue weighted by atomic mass is 10.2. The number of benzene rings is 2. The van der Waals surface area contributed by atoms with Crippen LogP contribution >= 0.6 is 12.2 Å². The number of carbonyl (C=O) groups excluding carboxylic acids is 1. The molecular weight excluding hydrogens is 284 g/mol. The second kappa shape index (κ2) is 7.40. The van der Waals surface area contributed by atoms with Gasteiger partial charge in [0.2, 0.25) is 5.91 Å². The molecule has 4 nitrogen and oxygen atoms in total. The smallest absolute Gasteiger partial charge is 0.224 e. The van der Waals surface area contributed by atoms with Crippen LogP contribution in [0.5, 0.6) is 5.75 Å². The summed E-state index contributed by atoms with van der Waals surface area (Å²) in [5.74, 6) is 0.320. The predicted molar refractivity (Wildman–Crippen MR) is 87.2 cm³/mol. The van der Waals surface area contributed by atoms with Crippen LogP contribution in [0.15, 0.2) is 54.6 Å². The zero-order chi connectivity index (χ0) is 15.1. The molecular formula is C16H16N2O2S. The van der Waals surface area contributed by atoms with Gasteiger partial charge in [0.1, 0.15) is 12.4 Å². The molecule has 21 heavy (non-hydrogen) atoms. The van der Waals surface area contributed by atoms with E-state index in [1.54, 1.807) is 0 Å². The number of carbonyl (C=O) groups is 1. The first kappa shape index (κ1) is 15.0. The second-order valence-corrected chi connectivity index (χ2v) is 4.98. The van der Waals surface area contributed by atoms with Gasteiger partial charge in [-0.15, -0.1) is 0 Å². The van der Waals surface area contributed by atoms with Crippen LogP contribution in [-0.2, 0) is 11.4 Å². The summed E-state index contributed by atoms with van der Waals surface area (Å²) in [5, 5.41) is 2.95. The van der Waals surface area contributed by atoms with Crippen molar-refractivity contribution in [1.82, 2.24) is 0 Å². The van der Waals surface area contributed by atoms with Crippen molar-refractivity contribution >= 4 is 28.8 Å². The highest BCUT2D eigenvalue weighted by Crippen LogP contribution is 2.17. The minimum atomic E-state index is -0.449. The number of hydrogen-bond acceptors (Lipinski definition) is 3. The summed E-state index contributed by atoms with van der Waals surface area (Å²) in [6.45, 7) is 0.522. The third kappa shape index (κ3) is 5.24. The number of ether oxygens (including phenoxy) is 1. The topological polar surface area (TPSA) is 64.4 Å². The van der Waals surface area contributed by atoms with Crippen molar-refractivity contribution in [2.45, 2.75) is 13.0 Å². The van der Waals surface area contributed by atoms with Gasteiger partial charge in [-0.2, -0.15) is 0 Å². The molecule has 0 saturated carbocycles. The largest absolute Gasteiger partial charge is 0.489 e. The van der Waals surface area contributed by atoms with Crippen LogP contribution in [0.4, 0.5) is 5.69 Å². The maximum absolute atomic E-state index is 10.7. The van der Waals surface area contributed by atoms with Crippen molar-refractivity contribution in [2.75, 3.05) is 5.32 Å². The van der Waals surface area contributed by atoms with E-state index < -0.39 is 5.91 Å². The van der Waals surface area contributed by atoms with Crippen LogP contribution in [0.2, 0.25) is 0 Å². The quantitative estimate of drug-likeness (QED) is 0.805. The first-order valence-electron chi connectivity index (χ1n) is 6.48. The van der Waals surface area contributed by atoms with E-state index in [4.69, 9.17) is 22.7 Å². The van der Waals surface area contributed by atoms with Gasteiger partial charge in [0, 0.05) is 5.69 Å². The van der Waals surface area contributed by atoms with Crippen LogP contribution in [0, 0.1) is 0 Å². The molecule has 0 bridgehead atoms. The fourth-order valence-electron chi connectivity index (χ4n) is 1.74. The minimum absolute atomic E-state index is 0.0432. The highest BCUT2D eigenvalue weighted by molar-refractivity contribution is 7.80. The summed E-state index contributed by atoms with van der Waals surface area (Å²) in [5.41, 5.74) is 6.99. The molecule has 3 N–H and O–H groups in total. The molecule has 0 aromatic heterocycles. The molecule has 108 valence electrons.